The Labute approximate surface area is 163 Å². The molecule has 0 bridgehead atoms. The fourth-order valence-corrected chi connectivity index (χ4v) is 3.69. The van der Waals surface area contributed by atoms with E-state index in [2.05, 4.69) is 35.9 Å². The van der Waals surface area contributed by atoms with Crippen LogP contribution < -0.4 is 4.90 Å². The molecule has 1 heterocycles. The van der Waals surface area contributed by atoms with Gasteiger partial charge in [0.15, 0.2) is 6.67 Å². The van der Waals surface area contributed by atoms with Crippen LogP contribution in [0.2, 0.25) is 0 Å². The van der Waals surface area contributed by atoms with E-state index in [0.717, 1.165) is 29.2 Å². The van der Waals surface area contributed by atoms with Gasteiger partial charge in [-0.2, -0.15) is 9.78 Å². The van der Waals surface area contributed by atoms with E-state index in [4.69, 9.17) is 17.3 Å². The molecule has 140 valence electrons. The molecule has 1 aliphatic carbocycles. The van der Waals surface area contributed by atoms with E-state index >= 15 is 0 Å². The van der Waals surface area contributed by atoms with E-state index < -0.39 is 0 Å². The summed E-state index contributed by atoms with van der Waals surface area (Å²) in [5.41, 5.74) is 2.21. The van der Waals surface area contributed by atoms with Crippen molar-refractivity contribution < 1.29 is 9.29 Å². The van der Waals surface area contributed by atoms with Gasteiger partial charge in [-0.3, -0.25) is 4.57 Å². The largest absolute Gasteiger partial charge is 0.315 e. The van der Waals surface area contributed by atoms with Crippen LogP contribution in [0.15, 0.2) is 54.6 Å². The highest BCUT2D eigenvalue weighted by Crippen LogP contribution is 2.39. The maximum atomic E-state index is 13.4. The van der Waals surface area contributed by atoms with E-state index in [9.17, 15) is 4.39 Å². The topological polar surface area (TPSA) is 27.2 Å². The molecule has 1 N–H and O–H groups in total. The Morgan fingerprint density at radius 3 is 2.56 bits per heavy atom. The van der Waals surface area contributed by atoms with Crippen molar-refractivity contribution in [1.29, 1.82) is 0 Å². The second kappa shape index (κ2) is 7.74. The molecule has 3 aromatic rings. The Morgan fingerprint density at radius 2 is 1.85 bits per heavy atom. The zero-order chi connectivity index (χ0) is 18.8. The number of nitrogens with zero attached hydrogens (tertiary/aromatic N) is 3. The molecule has 1 atom stereocenters. The summed E-state index contributed by atoms with van der Waals surface area (Å²) in [5, 5.41) is 4.85. The van der Waals surface area contributed by atoms with Gasteiger partial charge < -0.3 is 4.90 Å². The van der Waals surface area contributed by atoms with Gasteiger partial charge in [-0.15, -0.1) is 0 Å². The quantitative estimate of drug-likeness (QED) is 0.635. The van der Waals surface area contributed by atoms with E-state index in [0.29, 0.717) is 12.6 Å². The number of hydrogen-bond donors (Lipinski definition) is 1. The molecule has 4 rings (SSSR count). The average Bonchev–Trinajstić information content (AvgIpc) is 3.44. The number of rotatable bonds is 7. The molecule has 1 unspecified atom stereocenters. The van der Waals surface area contributed by atoms with Gasteiger partial charge >= 0.3 is 0 Å². The van der Waals surface area contributed by atoms with Crippen molar-refractivity contribution >= 4 is 12.2 Å². The molecule has 2 aromatic carbocycles. The number of nitrogens with one attached hydrogen (secondary N) is 1. The summed E-state index contributed by atoms with van der Waals surface area (Å²) in [5.74, 6) is 1.43. The first kappa shape index (κ1) is 18.1. The number of aromatic nitrogens is 3. The number of quaternary nitrogens is 1. The second-order valence-electron chi connectivity index (χ2n) is 7.41. The predicted molar refractivity (Wildman–Crippen MR) is 106 cm³/mol. The average molecular weight is 384 g/mol. The lowest BCUT2D eigenvalue weighted by Crippen LogP contribution is -3.07. The van der Waals surface area contributed by atoms with Gasteiger partial charge in [-0.05, 0) is 42.8 Å². The molecule has 0 spiro atoms. The minimum atomic E-state index is -0.194. The smallest absolute Gasteiger partial charge is 0.203 e. The SMILES string of the molecule is C[NH+](Cc1cccc(F)c1)Cn1nc(C2CC2)n(Cc2ccccc2)c1=S. The molecule has 1 aliphatic rings. The van der Waals surface area contributed by atoms with Gasteiger partial charge in [0.25, 0.3) is 0 Å². The summed E-state index contributed by atoms with van der Waals surface area (Å²) in [6.45, 7) is 2.15. The molecule has 27 heavy (non-hydrogen) atoms. The lowest BCUT2D eigenvalue weighted by Gasteiger charge is -2.13. The summed E-state index contributed by atoms with van der Waals surface area (Å²) in [6.07, 6.45) is 2.37. The Kier molecular flexibility index (Phi) is 5.18. The highest BCUT2D eigenvalue weighted by atomic mass is 32.1. The van der Waals surface area contributed by atoms with Crippen LogP contribution in [0.3, 0.4) is 0 Å². The van der Waals surface area contributed by atoms with Crippen molar-refractivity contribution in [3.05, 3.63) is 82.1 Å². The molecule has 0 amide bonds. The van der Waals surface area contributed by atoms with Gasteiger partial charge in [0.2, 0.25) is 4.77 Å². The van der Waals surface area contributed by atoms with E-state index in [-0.39, 0.29) is 5.82 Å². The number of hydrogen-bond acceptors (Lipinski definition) is 2. The van der Waals surface area contributed by atoms with Crippen molar-refractivity contribution in [2.45, 2.75) is 38.5 Å². The van der Waals surface area contributed by atoms with Crippen LogP contribution in [0, 0.1) is 10.6 Å². The molecular weight excluding hydrogens is 359 g/mol. The van der Waals surface area contributed by atoms with Crippen LogP contribution in [-0.4, -0.2) is 21.4 Å². The first-order valence-electron chi connectivity index (χ1n) is 9.37. The van der Waals surface area contributed by atoms with Crippen molar-refractivity contribution in [3.63, 3.8) is 0 Å². The maximum Gasteiger partial charge on any atom is 0.203 e. The summed E-state index contributed by atoms with van der Waals surface area (Å²) in [6, 6.07) is 17.1. The molecule has 0 saturated heterocycles. The third-order valence-electron chi connectivity index (χ3n) is 4.89. The Balaban J connectivity index is 1.54. The monoisotopic (exact) mass is 383 g/mol. The van der Waals surface area contributed by atoms with Crippen LogP contribution in [0.5, 0.6) is 0 Å². The van der Waals surface area contributed by atoms with Crippen molar-refractivity contribution in [2.75, 3.05) is 7.05 Å². The number of benzene rings is 2. The molecule has 0 radical (unpaired) electrons. The van der Waals surface area contributed by atoms with Crippen molar-refractivity contribution in [2.24, 2.45) is 0 Å². The second-order valence-corrected chi connectivity index (χ2v) is 7.77. The molecule has 1 aromatic heterocycles. The molecular formula is C21H24FN4S+. The highest BCUT2D eigenvalue weighted by molar-refractivity contribution is 7.71. The van der Waals surface area contributed by atoms with Crippen molar-refractivity contribution in [1.82, 2.24) is 14.3 Å². The fraction of sp³-hybridized carbons (Fsp3) is 0.333. The van der Waals surface area contributed by atoms with Gasteiger partial charge in [0.05, 0.1) is 13.6 Å². The van der Waals surface area contributed by atoms with Gasteiger partial charge in [-0.25, -0.2) is 4.39 Å². The molecule has 4 nitrogen and oxygen atoms in total. The molecule has 0 aliphatic heterocycles. The lowest BCUT2D eigenvalue weighted by atomic mass is 10.2. The summed E-state index contributed by atoms with van der Waals surface area (Å²) < 4.78 is 18.3. The third kappa shape index (κ3) is 4.34. The Bertz CT molecular complexity index is 975. The Hall–Kier alpha value is -2.31. The van der Waals surface area contributed by atoms with Crippen LogP contribution in [-0.2, 0) is 19.8 Å². The highest BCUT2D eigenvalue weighted by Gasteiger charge is 2.30. The zero-order valence-corrected chi connectivity index (χ0v) is 16.3. The fourth-order valence-electron chi connectivity index (χ4n) is 3.43. The van der Waals surface area contributed by atoms with Crippen LogP contribution in [0.1, 0.15) is 35.7 Å². The summed E-state index contributed by atoms with van der Waals surface area (Å²) in [7, 11) is 2.08. The zero-order valence-electron chi connectivity index (χ0n) is 15.4. The summed E-state index contributed by atoms with van der Waals surface area (Å²) in [4.78, 5) is 1.21. The van der Waals surface area contributed by atoms with Crippen LogP contribution >= 0.6 is 12.2 Å². The molecule has 6 heteroatoms. The van der Waals surface area contributed by atoms with Gasteiger partial charge in [-0.1, -0.05) is 42.5 Å². The van der Waals surface area contributed by atoms with E-state index in [1.54, 1.807) is 12.1 Å². The third-order valence-corrected chi connectivity index (χ3v) is 5.32. The lowest BCUT2D eigenvalue weighted by molar-refractivity contribution is -0.917. The van der Waals surface area contributed by atoms with E-state index in [1.165, 1.54) is 29.4 Å². The normalized spacial score (nSPS) is 15.0. The summed E-state index contributed by atoms with van der Waals surface area (Å²) >= 11 is 5.75. The van der Waals surface area contributed by atoms with E-state index in [1.807, 2.05) is 16.8 Å². The first-order valence-corrected chi connectivity index (χ1v) is 9.78. The minimum absolute atomic E-state index is 0.194. The predicted octanol–water partition coefficient (Wildman–Crippen LogP) is 3.15. The first-order chi connectivity index (χ1) is 13.1. The van der Waals surface area contributed by atoms with Gasteiger partial charge in [0, 0.05) is 11.5 Å². The maximum absolute atomic E-state index is 13.4. The van der Waals surface area contributed by atoms with Crippen molar-refractivity contribution in [3.8, 4) is 0 Å². The van der Waals surface area contributed by atoms with Crippen LogP contribution in [0.4, 0.5) is 4.39 Å². The minimum Gasteiger partial charge on any atom is -0.315 e. The standard InChI is InChI=1S/C21H23FN4S/c1-24(13-17-8-5-9-19(22)12-17)15-26-21(27)25(20(23-26)18-10-11-18)14-16-6-3-2-4-7-16/h2-9,12,18H,10-11,13-15H2,1H3/p+1. The van der Waals surface area contributed by atoms with Crippen LogP contribution in [0.25, 0.3) is 0 Å². The Morgan fingerprint density at radius 1 is 1.11 bits per heavy atom. The molecule has 1 fully saturated rings. The van der Waals surface area contributed by atoms with Gasteiger partial charge in [0.1, 0.15) is 18.2 Å². The number of halogens is 1. The molecule has 1 saturated carbocycles.